The molecule has 0 saturated heterocycles. The fourth-order valence-corrected chi connectivity index (χ4v) is 10.3. The number of anilines is 6. The van der Waals surface area contributed by atoms with Crippen LogP contribution in [0.3, 0.4) is 0 Å². The Labute approximate surface area is 473 Å². The van der Waals surface area contributed by atoms with Crippen LogP contribution < -0.4 is 9.80 Å². The topological polar surface area (TPSA) is 127 Å². The lowest BCUT2D eigenvalue weighted by Crippen LogP contribution is -2.26. The van der Waals surface area contributed by atoms with Gasteiger partial charge in [0.2, 0.25) is 5.95 Å². The van der Waals surface area contributed by atoms with Crippen LogP contribution in [0.4, 0.5) is 40.1 Å². The molecule has 82 heavy (non-hydrogen) atoms. The van der Waals surface area contributed by atoms with Crippen LogP contribution in [-0.4, -0.2) is 44.9 Å². The van der Waals surface area contributed by atoms with Gasteiger partial charge in [-0.25, -0.2) is 39.7 Å². The number of para-hydroxylation sites is 4. The minimum atomic E-state index is 0.402. The van der Waals surface area contributed by atoms with E-state index in [2.05, 4.69) is 51.0 Å². The van der Waals surface area contributed by atoms with E-state index < -0.39 is 0 Å². The molecule has 0 fully saturated rings. The Hall–Kier alpha value is -11.7. The Kier molecular flexibility index (Phi) is 12.6. The van der Waals surface area contributed by atoms with E-state index in [9.17, 15) is 0 Å². The van der Waals surface area contributed by atoms with Crippen LogP contribution in [0.5, 0.6) is 0 Å². The maximum absolute atomic E-state index is 8.01. The fourth-order valence-electron chi connectivity index (χ4n) is 10.3. The second-order valence-corrected chi connectivity index (χ2v) is 19.3. The maximum Gasteiger partial charge on any atom is 0.238 e. The van der Waals surface area contributed by atoms with Crippen LogP contribution in [0.2, 0.25) is 0 Å². The summed E-state index contributed by atoms with van der Waals surface area (Å²) in [6.07, 6.45) is 0. The standard InChI is InChI=1S/C70H44N12/c1-71-54-42-40-46(41-43-54)55-44-53(68-74-62(47-24-8-2-9-25-47)72-63(75-68)48-26-10-3-11-27-48)45-56(69-77-64(49-28-12-4-13-29-49)73-65(78-69)50-30-14-5-15-31-50)61(55)81-57-36-20-22-38-59(57)82(60-39-23-21-37-58(60)81)70-79-66(51-32-16-6-17-33-51)76-67(80-70)52-34-18-7-19-35-52/h2-45H. The molecule has 384 valence electrons. The highest BCUT2D eigenvalue weighted by Crippen LogP contribution is 2.57. The van der Waals surface area contributed by atoms with Crippen molar-refractivity contribution in [1.82, 2.24) is 44.9 Å². The first-order chi connectivity index (χ1) is 40.6. The maximum atomic E-state index is 8.01. The highest BCUT2D eigenvalue weighted by Gasteiger charge is 2.36. The van der Waals surface area contributed by atoms with Gasteiger partial charge in [0, 0.05) is 50.1 Å². The summed E-state index contributed by atoms with van der Waals surface area (Å²) in [5.41, 5.74) is 12.4. The Morgan fingerprint density at radius 1 is 0.244 bits per heavy atom. The van der Waals surface area contributed by atoms with Gasteiger partial charge in [-0.2, -0.15) is 9.97 Å². The molecule has 0 amide bonds. The molecule has 3 aromatic heterocycles. The van der Waals surface area contributed by atoms with Gasteiger partial charge in [-0.15, -0.1) is 0 Å². The zero-order valence-corrected chi connectivity index (χ0v) is 43.8. The van der Waals surface area contributed by atoms with Crippen LogP contribution in [0, 0.1) is 6.57 Å². The lowest BCUT2D eigenvalue weighted by molar-refractivity contribution is 1.01. The van der Waals surface area contributed by atoms with Gasteiger partial charge in [0.25, 0.3) is 0 Å². The van der Waals surface area contributed by atoms with Crippen LogP contribution in [0.15, 0.2) is 267 Å². The summed E-state index contributed by atoms with van der Waals surface area (Å²) >= 11 is 0. The van der Waals surface area contributed by atoms with Crippen molar-refractivity contribution in [2.75, 3.05) is 9.80 Å². The Morgan fingerprint density at radius 3 is 0.866 bits per heavy atom. The predicted octanol–water partition coefficient (Wildman–Crippen LogP) is 17.0. The summed E-state index contributed by atoms with van der Waals surface area (Å²) in [7, 11) is 0. The third kappa shape index (κ3) is 9.31. The number of rotatable bonds is 11. The molecule has 14 rings (SSSR count). The fraction of sp³-hybridized carbons (Fsp3) is 0. The Morgan fingerprint density at radius 2 is 0.524 bits per heavy atom. The molecule has 0 N–H and O–H groups in total. The summed E-state index contributed by atoms with van der Waals surface area (Å²) in [6, 6.07) is 88.3. The molecule has 0 atom stereocenters. The summed E-state index contributed by atoms with van der Waals surface area (Å²) in [5.74, 6) is 4.35. The van der Waals surface area contributed by atoms with Crippen molar-refractivity contribution in [2.24, 2.45) is 0 Å². The zero-order valence-electron chi connectivity index (χ0n) is 43.8. The van der Waals surface area contributed by atoms with E-state index in [0.717, 1.165) is 72.9 Å². The van der Waals surface area contributed by atoms with E-state index in [1.165, 1.54) is 0 Å². The van der Waals surface area contributed by atoms with Crippen molar-refractivity contribution >= 4 is 40.1 Å². The zero-order chi connectivity index (χ0) is 54.8. The van der Waals surface area contributed by atoms with Crippen LogP contribution in [0.1, 0.15) is 0 Å². The normalized spacial score (nSPS) is 11.6. The second-order valence-electron chi connectivity index (χ2n) is 19.3. The Balaban J connectivity index is 1.08. The molecule has 12 heteroatoms. The molecular weight excluding hydrogens is 1010 g/mol. The molecule has 0 bridgehead atoms. The molecule has 0 spiro atoms. The molecule has 13 aromatic rings. The lowest BCUT2D eigenvalue weighted by atomic mass is 9.93. The first-order valence-corrected chi connectivity index (χ1v) is 26.7. The monoisotopic (exact) mass is 1050 g/mol. The first kappa shape index (κ1) is 48.7. The molecule has 12 nitrogen and oxygen atoms in total. The van der Waals surface area contributed by atoms with Crippen molar-refractivity contribution in [3.63, 3.8) is 0 Å². The van der Waals surface area contributed by atoms with Gasteiger partial charge < -0.3 is 4.90 Å². The van der Waals surface area contributed by atoms with Crippen LogP contribution >= 0.6 is 0 Å². The average molecular weight is 1050 g/mol. The summed E-state index contributed by atoms with van der Waals surface area (Å²) in [6.45, 7) is 8.01. The molecule has 1 aliphatic rings. The summed E-state index contributed by atoms with van der Waals surface area (Å²) < 4.78 is 0. The van der Waals surface area contributed by atoms with E-state index in [-0.39, 0.29) is 0 Å². The Bertz CT molecular complexity index is 4290. The number of aromatic nitrogens is 9. The number of nitrogens with zero attached hydrogens (tertiary/aromatic N) is 12. The molecule has 10 aromatic carbocycles. The molecular formula is C70H44N12. The second kappa shape index (κ2) is 21.3. The SMILES string of the molecule is [C-]#[N+]c1ccc(-c2cc(-c3nc(-c4ccccc4)nc(-c4ccccc4)n3)cc(-c3nc(-c4ccccc4)nc(-c4ccccc4)n3)c2N2c3ccccc3N(c3nc(-c4ccccc4)nc(-c4ccccc4)n3)c3ccccc32)cc1. The van der Waals surface area contributed by atoms with Gasteiger partial charge in [-0.05, 0) is 42.0 Å². The number of fused-ring (bicyclic) bond motifs is 2. The first-order valence-electron chi connectivity index (χ1n) is 26.7. The quantitative estimate of drug-likeness (QED) is 0.115. The lowest BCUT2D eigenvalue weighted by Gasteiger charge is -2.40. The molecule has 0 saturated carbocycles. The van der Waals surface area contributed by atoms with Gasteiger partial charge in [0.15, 0.2) is 52.3 Å². The van der Waals surface area contributed by atoms with E-state index in [1.54, 1.807) is 0 Å². The van der Waals surface area contributed by atoms with E-state index in [4.69, 9.17) is 51.4 Å². The largest absolute Gasteiger partial charge is 0.305 e. The highest BCUT2D eigenvalue weighted by molar-refractivity contribution is 6.07. The predicted molar refractivity (Wildman–Crippen MR) is 325 cm³/mol. The average Bonchev–Trinajstić information content (AvgIpc) is 3.64. The molecule has 1 aliphatic heterocycles. The highest BCUT2D eigenvalue weighted by atomic mass is 15.3. The van der Waals surface area contributed by atoms with E-state index >= 15 is 0 Å². The van der Waals surface area contributed by atoms with Gasteiger partial charge in [-0.3, -0.25) is 4.90 Å². The molecule has 0 radical (unpaired) electrons. The van der Waals surface area contributed by atoms with Crippen molar-refractivity contribution in [3.8, 4) is 102 Å². The third-order valence-electron chi connectivity index (χ3n) is 14.2. The number of benzene rings is 10. The van der Waals surface area contributed by atoms with Crippen LogP contribution in [-0.2, 0) is 0 Å². The van der Waals surface area contributed by atoms with Crippen molar-refractivity contribution in [2.45, 2.75) is 0 Å². The van der Waals surface area contributed by atoms with Gasteiger partial charge >= 0.3 is 0 Å². The molecule has 0 aliphatic carbocycles. The molecule has 0 unspecified atom stereocenters. The number of hydrogen-bond donors (Lipinski definition) is 0. The van der Waals surface area contributed by atoms with Crippen molar-refractivity contribution < 1.29 is 0 Å². The minimum absolute atomic E-state index is 0.402. The van der Waals surface area contributed by atoms with Crippen molar-refractivity contribution in [1.29, 1.82) is 0 Å². The minimum Gasteiger partial charge on any atom is -0.305 e. The third-order valence-corrected chi connectivity index (χ3v) is 14.2. The van der Waals surface area contributed by atoms with Crippen molar-refractivity contribution in [3.05, 3.63) is 278 Å². The summed E-state index contributed by atoms with van der Waals surface area (Å²) in [5, 5.41) is 0. The van der Waals surface area contributed by atoms with E-state index in [0.29, 0.717) is 69.4 Å². The summed E-state index contributed by atoms with van der Waals surface area (Å²) in [4.78, 5) is 55.6. The molecule has 4 heterocycles. The number of hydrogen-bond acceptors (Lipinski definition) is 11. The van der Waals surface area contributed by atoms with Crippen LogP contribution in [0.25, 0.3) is 107 Å². The smallest absolute Gasteiger partial charge is 0.238 e. The van der Waals surface area contributed by atoms with Gasteiger partial charge in [0.1, 0.15) is 0 Å². The van der Waals surface area contributed by atoms with Gasteiger partial charge in [0.05, 0.1) is 35.0 Å². The van der Waals surface area contributed by atoms with Gasteiger partial charge in [-0.1, -0.05) is 231 Å². The van der Waals surface area contributed by atoms with E-state index in [1.807, 2.05) is 231 Å².